The Hall–Kier alpha value is -1.18. The van der Waals surface area contributed by atoms with Gasteiger partial charge in [-0.15, -0.1) is 0 Å². The normalized spacial score (nSPS) is 12.1. The number of carbonyl (C=O) groups excluding carboxylic acids is 1. The predicted molar refractivity (Wildman–Crippen MR) is 79.5 cm³/mol. The molecular weight excluding hydrogens is 292 g/mol. The van der Waals surface area contributed by atoms with Gasteiger partial charge in [-0.1, -0.05) is 13.3 Å². The van der Waals surface area contributed by atoms with Gasteiger partial charge in [-0.2, -0.15) is 0 Å². The van der Waals surface area contributed by atoms with Crippen molar-refractivity contribution in [1.82, 2.24) is 0 Å². The summed E-state index contributed by atoms with van der Waals surface area (Å²) in [6.07, 6.45) is 1.98. The van der Waals surface area contributed by atoms with E-state index in [4.69, 9.17) is 24.1 Å². The van der Waals surface area contributed by atoms with Crippen LogP contribution in [0.5, 0.6) is 0 Å². The van der Waals surface area contributed by atoms with Crippen molar-refractivity contribution < 1.29 is 33.6 Å². The lowest BCUT2D eigenvalue weighted by Gasteiger charge is -2.17. The third-order valence-corrected chi connectivity index (χ3v) is 2.67. The maximum Gasteiger partial charge on any atom is 0.305 e. The lowest BCUT2D eigenvalue weighted by atomic mass is 10.2. The summed E-state index contributed by atoms with van der Waals surface area (Å²) in [6.45, 7) is 5.82. The minimum Gasteiger partial charge on any atom is -0.481 e. The molecule has 0 radical (unpaired) electrons. The number of hydrogen-bond acceptors (Lipinski definition) is 6. The van der Waals surface area contributed by atoms with Crippen LogP contribution >= 0.6 is 0 Å². The Kier molecular flexibility index (Phi) is 14.0. The molecule has 1 atom stereocenters. The topological polar surface area (TPSA) is 91.3 Å². The predicted octanol–water partition coefficient (Wildman–Crippen LogP) is 1.98. The van der Waals surface area contributed by atoms with E-state index in [1.807, 2.05) is 6.92 Å². The smallest absolute Gasteiger partial charge is 0.305 e. The number of aliphatic carboxylic acids is 1. The molecule has 0 saturated heterocycles. The van der Waals surface area contributed by atoms with E-state index in [1.165, 1.54) is 0 Å². The highest BCUT2D eigenvalue weighted by Gasteiger charge is 2.09. The van der Waals surface area contributed by atoms with Crippen LogP contribution in [0.2, 0.25) is 0 Å². The number of rotatable bonds is 15. The fourth-order valence-electron chi connectivity index (χ4n) is 1.54. The van der Waals surface area contributed by atoms with Crippen molar-refractivity contribution in [2.75, 3.05) is 33.0 Å². The number of esters is 1. The van der Waals surface area contributed by atoms with Crippen molar-refractivity contribution in [2.45, 2.75) is 52.2 Å². The lowest BCUT2D eigenvalue weighted by molar-refractivity contribution is -0.173. The van der Waals surface area contributed by atoms with E-state index in [0.29, 0.717) is 13.2 Å². The molecule has 0 aromatic rings. The van der Waals surface area contributed by atoms with Crippen LogP contribution in [-0.4, -0.2) is 56.4 Å². The van der Waals surface area contributed by atoms with E-state index < -0.39 is 18.2 Å². The summed E-state index contributed by atoms with van der Waals surface area (Å²) in [5.74, 6) is -1.33. The largest absolute Gasteiger partial charge is 0.481 e. The van der Waals surface area contributed by atoms with Crippen molar-refractivity contribution in [3.63, 3.8) is 0 Å². The quantitative estimate of drug-likeness (QED) is 0.280. The second-order valence-corrected chi connectivity index (χ2v) is 4.65. The molecule has 0 amide bonds. The van der Waals surface area contributed by atoms with Crippen LogP contribution in [0.25, 0.3) is 0 Å². The molecule has 1 unspecified atom stereocenters. The Labute approximate surface area is 131 Å². The van der Waals surface area contributed by atoms with Crippen LogP contribution in [-0.2, 0) is 28.5 Å². The van der Waals surface area contributed by atoms with Gasteiger partial charge < -0.3 is 24.1 Å². The maximum atomic E-state index is 11.3. The van der Waals surface area contributed by atoms with Crippen molar-refractivity contribution >= 4 is 11.9 Å². The van der Waals surface area contributed by atoms with Crippen LogP contribution in [0.1, 0.15) is 46.0 Å². The highest BCUT2D eigenvalue weighted by atomic mass is 16.7. The van der Waals surface area contributed by atoms with Crippen LogP contribution in [0, 0.1) is 0 Å². The highest BCUT2D eigenvalue weighted by Crippen LogP contribution is 2.00. The van der Waals surface area contributed by atoms with Gasteiger partial charge >= 0.3 is 11.9 Å². The summed E-state index contributed by atoms with van der Waals surface area (Å²) in [6, 6.07) is 0. The molecule has 0 rings (SSSR count). The number of carboxylic acid groups (broad SMARTS) is 1. The number of carbonyl (C=O) groups is 2. The monoisotopic (exact) mass is 320 g/mol. The van der Waals surface area contributed by atoms with Crippen molar-refractivity contribution in [3.8, 4) is 0 Å². The summed E-state index contributed by atoms with van der Waals surface area (Å²) in [4.78, 5) is 21.6. The molecule has 1 N–H and O–H groups in total. The van der Waals surface area contributed by atoms with Crippen molar-refractivity contribution in [1.29, 1.82) is 0 Å². The number of hydrogen-bond donors (Lipinski definition) is 1. The summed E-state index contributed by atoms with van der Waals surface area (Å²) in [5, 5.41) is 8.45. The zero-order valence-electron chi connectivity index (χ0n) is 13.5. The Morgan fingerprint density at radius 2 is 1.77 bits per heavy atom. The zero-order valence-corrected chi connectivity index (χ0v) is 13.5. The Bertz CT molecular complexity index is 294. The van der Waals surface area contributed by atoms with E-state index in [2.05, 4.69) is 6.92 Å². The number of unbranched alkanes of at least 4 members (excludes halogenated alkanes) is 1. The fraction of sp³-hybridized carbons (Fsp3) is 0.867. The van der Waals surface area contributed by atoms with E-state index in [0.717, 1.165) is 12.8 Å². The molecule has 22 heavy (non-hydrogen) atoms. The molecule has 0 heterocycles. The van der Waals surface area contributed by atoms with Gasteiger partial charge in [0.1, 0.15) is 6.61 Å². The first-order valence-corrected chi connectivity index (χ1v) is 7.78. The third kappa shape index (κ3) is 13.8. The molecule has 7 heteroatoms. The highest BCUT2D eigenvalue weighted by molar-refractivity contribution is 5.71. The van der Waals surface area contributed by atoms with Gasteiger partial charge in [0.25, 0.3) is 0 Å². The van der Waals surface area contributed by atoms with E-state index in [9.17, 15) is 9.59 Å². The molecule has 0 aliphatic rings. The minimum atomic E-state index is -0.916. The fourth-order valence-corrected chi connectivity index (χ4v) is 1.54. The number of ether oxygens (including phenoxy) is 4. The summed E-state index contributed by atoms with van der Waals surface area (Å²) in [7, 11) is 0. The van der Waals surface area contributed by atoms with Crippen LogP contribution in [0.4, 0.5) is 0 Å². The van der Waals surface area contributed by atoms with Crippen molar-refractivity contribution in [3.05, 3.63) is 0 Å². The first-order valence-electron chi connectivity index (χ1n) is 7.78. The van der Waals surface area contributed by atoms with Crippen molar-refractivity contribution in [2.24, 2.45) is 0 Å². The van der Waals surface area contributed by atoms with Gasteiger partial charge in [0, 0.05) is 26.1 Å². The maximum absolute atomic E-state index is 11.3. The molecule has 0 spiro atoms. The Balaban J connectivity index is 3.58. The molecule has 130 valence electrons. The summed E-state index contributed by atoms with van der Waals surface area (Å²) in [5.41, 5.74) is 0. The average molecular weight is 320 g/mol. The lowest BCUT2D eigenvalue weighted by Crippen LogP contribution is -2.25. The average Bonchev–Trinajstić information content (AvgIpc) is 2.46. The Morgan fingerprint density at radius 3 is 2.41 bits per heavy atom. The van der Waals surface area contributed by atoms with Gasteiger partial charge in [0.2, 0.25) is 0 Å². The molecule has 7 nitrogen and oxygen atoms in total. The second-order valence-electron chi connectivity index (χ2n) is 4.65. The van der Waals surface area contributed by atoms with Gasteiger partial charge in [-0.25, -0.2) is 0 Å². The first-order chi connectivity index (χ1) is 10.6. The first kappa shape index (κ1) is 20.8. The van der Waals surface area contributed by atoms with E-state index in [1.54, 1.807) is 0 Å². The third-order valence-electron chi connectivity index (χ3n) is 2.67. The molecule has 0 aromatic heterocycles. The van der Waals surface area contributed by atoms with E-state index >= 15 is 0 Å². The molecule has 0 fully saturated rings. The molecule has 0 aromatic carbocycles. The van der Waals surface area contributed by atoms with Gasteiger partial charge in [0.15, 0.2) is 6.29 Å². The SMILES string of the molecule is CCCCOC(COCCOC(=O)CCCC(=O)O)OCC. The van der Waals surface area contributed by atoms with E-state index in [-0.39, 0.29) is 39.1 Å². The molecule has 0 aliphatic heterocycles. The summed E-state index contributed by atoms with van der Waals surface area (Å²) < 4.78 is 21.2. The summed E-state index contributed by atoms with van der Waals surface area (Å²) >= 11 is 0. The minimum absolute atomic E-state index is 0.0310. The molecule has 0 aliphatic carbocycles. The van der Waals surface area contributed by atoms with Crippen LogP contribution < -0.4 is 0 Å². The molecule has 0 saturated carbocycles. The second kappa shape index (κ2) is 14.7. The molecular formula is C15H28O7. The van der Waals surface area contributed by atoms with Gasteiger partial charge in [-0.3, -0.25) is 9.59 Å². The van der Waals surface area contributed by atoms with Gasteiger partial charge in [0.05, 0.1) is 13.2 Å². The number of carboxylic acids is 1. The Morgan fingerprint density at radius 1 is 1.00 bits per heavy atom. The standard InChI is InChI=1S/C15H28O7/c1-3-5-9-22-15(20-4-2)12-19-10-11-21-14(18)8-6-7-13(16)17/h15H,3-12H2,1-2H3,(H,16,17). The zero-order chi connectivity index (χ0) is 16.6. The van der Waals surface area contributed by atoms with Crippen LogP contribution in [0.3, 0.4) is 0 Å². The van der Waals surface area contributed by atoms with Gasteiger partial charge in [-0.05, 0) is 19.8 Å². The molecule has 0 bridgehead atoms. The van der Waals surface area contributed by atoms with Crippen LogP contribution in [0.15, 0.2) is 0 Å².